The van der Waals surface area contributed by atoms with Crippen LogP contribution in [0.3, 0.4) is 0 Å². The van der Waals surface area contributed by atoms with Crippen molar-refractivity contribution in [3.63, 3.8) is 0 Å². The maximum atomic E-state index is 12.2. The number of nitrogens with one attached hydrogen (secondary N) is 1. The van der Waals surface area contributed by atoms with Gasteiger partial charge in [-0.15, -0.1) is 0 Å². The molecule has 0 aliphatic rings. The topological polar surface area (TPSA) is 94.2 Å². The number of ether oxygens (including phenoxy) is 1. The van der Waals surface area contributed by atoms with E-state index < -0.39 is 6.10 Å². The number of hydrogen-bond donors (Lipinski definition) is 2. The molecule has 2 heterocycles. The lowest BCUT2D eigenvalue weighted by atomic mass is 10.3. The van der Waals surface area contributed by atoms with E-state index in [9.17, 15) is 9.90 Å². The monoisotopic (exact) mass is 295 g/mol. The van der Waals surface area contributed by atoms with Crippen LogP contribution >= 0.6 is 0 Å². The summed E-state index contributed by atoms with van der Waals surface area (Å²) < 4.78 is 8.37. The minimum atomic E-state index is -0.677. The lowest BCUT2D eigenvalue weighted by Crippen LogP contribution is -2.35. The second kappa shape index (κ2) is 6.23. The van der Waals surface area contributed by atoms with Gasteiger partial charge in [0.1, 0.15) is 12.7 Å². The molecule has 2 aromatic heterocycles. The highest BCUT2D eigenvalue weighted by molar-refractivity contribution is 5.69. The van der Waals surface area contributed by atoms with E-state index in [1.54, 1.807) is 18.7 Å². The number of imidazole rings is 1. The Bertz CT molecular complexity index is 676. The van der Waals surface area contributed by atoms with E-state index in [1.807, 2.05) is 13.8 Å². The van der Waals surface area contributed by atoms with Gasteiger partial charge >= 0.3 is 6.01 Å². The van der Waals surface area contributed by atoms with Gasteiger partial charge in [-0.25, -0.2) is 4.98 Å². The van der Waals surface area contributed by atoms with Gasteiger partial charge in [-0.3, -0.25) is 9.36 Å². The predicted molar refractivity (Wildman–Crippen MR) is 78.4 cm³/mol. The van der Waals surface area contributed by atoms with Crippen molar-refractivity contribution in [1.29, 1.82) is 0 Å². The van der Waals surface area contributed by atoms with E-state index in [-0.39, 0.29) is 24.2 Å². The minimum Gasteiger partial charge on any atom is -0.462 e. The van der Waals surface area contributed by atoms with E-state index in [4.69, 9.17) is 4.74 Å². The summed E-state index contributed by atoms with van der Waals surface area (Å²) in [5, 5.41) is 12.9. The molecule has 0 aromatic carbocycles. The van der Waals surface area contributed by atoms with Crippen LogP contribution < -0.4 is 15.6 Å². The Labute approximate surface area is 122 Å². The van der Waals surface area contributed by atoms with Crippen molar-refractivity contribution in [2.75, 3.05) is 13.2 Å². The Hall–Kier alpha value is -1.93. The molecular weight excluding hydrogens is 274 g/mol. The SMILES string of the molecule is CC(C)NC[C@H](O)COc1nc2ncn(C)c2c(=O)n1C. The van der Waals surface area contributed by atoms with Crippen molar-refractivity contribution in [2.24, 2.45) is 14.1 Å². The van der Waals surface area contributed by atoms with Gasteiger partial charge in [0.2, 0.25) is 0 Å². The zero-order valence-electron chi connectivity index (χ0n) is 12.7. The van der Waals surface area contributed by atoms with Crippen LogP contribution in [-0.4, -0.2) is 49.5 Å². The first-order valence-electron chi connectivity index (χ1n) is 6.82. The number of aliphatic hydroxyl groups excluding tert-OH is 1. The van der Waals surface area contributed by atoms with Crippen LogP contribution in [0.25, 0.3) is 11.2 Å². The van der Waals surface area contributed by atoms with Crippen molar-refractivity contribution in [2.45, 2.75) is 26.0 Å². The first-order chi connectivity index (χ1) is 9.90. The lowest BCUT2D eigenvalue weighted by molar-refractivity contribution is 0.0969. The fourth-order valence-electron chi connectivity index (χ4n) is 1.89. The molecule has 8 nitrogen and oxygen atoms in total. The lowest BCUT2D eigenvalue weighted by Gasteiger charge is -2.15. The average molecular weight is 295 g/mol. The summed E-state index contributed by atoms with van der Waals surface area (Å²) in [7, 11) is 3.32. The summed E-state index contributed by atoms with van der Waals surface area (Å²) in [5.41, 5.74) is 0.530. The number of hydrogen-bond acceptors (Lipinski definition) is 6. The Morgan fingerprint density at radius 2 is 2.14 bits per heavy atom. The number of nitrogens with zero attached hydrogens (tertiary/aromatic N) is 4. The van der Waals surface area contributed by atoms with Crippen LogP contribution in [0, 0.1) is 0 Å². The second-order valence-electron chi connectivity index (χ2n) is 5.31. The maximum Gasteiger partial charge on any atom is 0.301 e. The van der Waals surface area contributed by atoms with Crippen molar-refractivity contribution < 1.29 is 9.84 Å². The molecule has 2 aromatic rings. The van der Waals surface area contributed by atoms with Gasteiger partial charge in [0, 0.05) is 26.7 Å². The van der Waals surface area contributed by atoms with Crippen LogP contribution in [0.1, 0.15) is 13.8 Å². The standard InChI is InChI=1S/C13H21N5O3/c1-8(2)14-5-9(19)6-21-13-16-11-10(12(20)18(13)4)17(3)7-15-11/h7-9,14,19H,5-6H2,1-4H3/t9-/m0/s1. The van der Waals surface area contributed by atoms with Gasteiger partial charge in [-0.2, -0.15) is 4.98 Å². The molecule has 0 saturated heterocycles. The average Bonchev–Trinajstić information content (AvgIpc) is 2.80. The van der Waals surface area contributed by atoms with Crippen molar-refractivity contribution in [3.05, 3.63) is 16.7 Å². The predicted octanol–water partition coefficient (Wildman–Crippen LogP) is -0.595. The third-order valence-corrected chi connectivity index (χ3v) is 3.08. The van der Waals surface area contributed by atoms with Gasteiger partial charge in [0.15, 0.2) is 11.2 Å². The molecule has 0 fully saturated rings. The van der Waals surface area contributed by atoms with E-state index in [1.165, 1.54) is 10.9 Å². The van der Waals surface area contributed by atoms with Crippen molar-refractivity contribution in [1.82, 2.24) is 24.4 Å². The van der Waals surface area contributed by atoms with Crippen LogP contribution in [0.5, 0.6) is 6.01 Å². The minimum absolute atomic E-state index is 0.0539. The first kappa shape index (κ1) is 15.5. The normalized spacial score (nSPS) is 13.0. The number of aryl methyl sites for hydroxylation is 1. The summed E-state index contributed by atoms with van der Waals surface area (Å²) in [5.74, 6) is 0. The van der Waals surface area contributed by atoms with E-state index in [2.05, 4.69) is 15.3 Å². The summed E-state index contributed by atoms with van der Waals surface area (Å²) in [4.78, 5) is 20.5. The molecule has 0 aliphatic carbocycles. The Balaban J connectivity index is 2.12. The zero-order chi connectivity index (χ0) is 15.6. The number of aromatic nitrogens is 4. The first-order valence-corrected chi connectivity index (χ1v) is 6.82. The van der Waals surface area contributed by atoms with E-state index in [0.717, 1.165) is 0 Å². The zero-order valence-corrected chi connectivity index (χ0v) is 12.7. The Kier molecular flexibility index (Phi) is 4.59. The fourth-order valence-corrected chi connectivity index (χ4v) is 1.89. The molecule has 0 spiro atoms. The molecule has 2 rings (SSSR count). The van der Waals surface area contributed by atoms with Crippen molar-refractivity contribution >= 4 is 11.2 Å². The van der Waals surface area contributed by atoms with Gasteiger partial charge in [0.25, 0.3) is 5.56 Å². The quantitative estimate of drug-likeness (QED) is 0.739. The highest BCUT2D eigenvalue weighted by Gasteiger charge is 2.14. The molecule has 21 heavy (non-hydrogen) atoms. The Morgan fingerprint density at radius 3 is 2.81 bits per heavy atom. The second-order valence-corrected chi connectivity index (χ2v) is 5.31. The molecule has 0 saturated carbocycles. The molecule has 0 bridgehead atoms. The molecule has 2 N–H and O–H groups in total. The smallest absolute Gasteiger partial charge is 0.301 e. The fraction of sp³-hybridized carbons (Fsp3) is 0.615. The molecular formula is C13H21N5O3. The summed E-state index contributed by atoms with van der Waals surface area (Å²) in [6, 6.07) is 0.432. The summed E-state index contributed by atoms with van der Waals surface area (Å²) in [6.45, 7) is 4.46. The Morgan fingerprint density at radius 1 is 1.43 bits per heavy atom. The van der Waals surface area contributed by atoms with Gasteiger partial charge in [0.05, 0.1) is 6.33 Å². The highest BCUT2D eigenvalue weighted by Crippen LogP contribution is 2.10. The van der Waals surface area contributed by atoms with E-state index in [0.29, 0.717) is 17.7 Å². The third-order valence-electron chi connectivity index (χ3n) is 3.08. The largest absolute Gasteiger partial charge is 0.462 e. The molecule has 0 aliphatic heterocycles. The highest BCUT2D eigenvalue weighted by atomic mass is 16.5. The van der Waals surface area contributed by atoms with E-state index >= 15 is 0 Å². The molecule has 8 heteroatoms. The maximum absolute atomic E-state index is 12.2. The third kappa shape index (κ3) is 3.40. The summed E-state index contributed by atoms with van der Waals surface area (Å²) >= 11 is 0. The molecule has 0 radical (unpaired) electrons. The molecule has 1 atom stereocenters. The van der Waals surface area contributed by atoms with Crippen molar-refractivity contribution in [3.8, 4) is 6.01 Å². The van der Waals surface area contributed by atoms with Crippen LogP contribution in [0.4, 0.5) is 0 Å². The summed E-state index contributed by atoms with van der Waals surface area (Å²) in [6.07, 6.45) is 0.855. The van der Waals surface area contributed by atoms with Crippen LogP contribution in [0.2, 0.25) is 0 Å². The molecule has 116 valence electrons. The number of fused-ring (bicyclic) bond motifs is 1. The molecule has 0 unspecified atom stereocenters. The van der Waals surface area contributed by atoms with Gasteiger partial charge < -0.3 is 19.7 Å². The number of aliphatic hydroxyl groups is 1. The van der Waals surface area contributed by atoms with Gasteiger partial charge in [-0.05, 0) is 0 Å². The van der Waals surface area contributed by atoms with Gasteiger partial charge in [-0.1, -0.05) is 13.8 Å². The molecule has 0 amide bonds. The van der Waals surface area contributed by atoms with Crippen LogP contribution in [0.15, 0.2) is 11.1 Å². The number of rotatable bonds is 6. The van der Waals surface area contributed by atoms with Crippen LogP contribution in [-0.2, 0) is 14.1 Å².